The molecule has 5 nitrogen and oxygen atoms in total. The van der Waals surface area contributed by atoms with Crippen LogP contribution in [0.4, 0.5) is 0 Å². The number of nitrogens with two attached hydrogens (primary N) is 1. The van der Waals surface area contributed by atoms with Crippen molar-refractivity contribution < 1.29 is 9.53 Å². The van der Waals surface area contributed by atoms with Crippen molar-refractivity contribution in [1.82, 2.24) is 10.3 Å². The number of hydrogen-bond acceptors (Lipinski definition) is 4. The summed E-state index contributed by atoms with van der Waals surface area (Å²) in [6.07, 6.45) is 0.961. The van der Waals surface area contributed by atoms with Gasteiger partial charge in [-0.15, -0.1) is 0 Å². The summed E-state index contributed by atoms with van der Waals surface area (Å²) in [5, 5.41) is 3.30. The molecule has 1 rings (SSSR count). The number of carbonyl (C=O) groups is 1. The third-order valence-electron chi connectivity index (χ3n) is 2.37. The molecule has 18 heavy (non-hydrogen) atoms. The molecule has 0 bridgehead atoms. The van der Waals surface area contributed by atoms with Gasteiger partial charge in [-0.3, -0.25) is 9.78 Å². The standard InChI is InChI=1S/C13H21N3O2/c1-9(2)6-15-7-11-4-5-12(8-16-11)18-10(3)13(14)17/h4-5,8-10,15H,6-7H2,1-3H3,(H2,14,17). The smallest absolute Gasteiger partial charge is 0.258 e. The molecule has 0 aliphatic heterocycles. The van der Waals surface area contributed by atoms with Crippen molar-refractivity contribution >= 4 is 5.91 Å². The predicted octanol–water partition coefficient (Wildman–Crippen LogP) is 1.08. The summed E-state index contributed by atoms with van der Waals surface area (Å²) in [4.78, 5) is 15.1. The van der Waals surface area contributed by atoms with Crippen LogP contribution in [0.5, 0.6) is 5.75 Å². The second kappa shape index (κ2) is 6.96. The van der Waals surface area contributed by atoms with Crippen LogP contribution in [-0.2, 0) is 11.3 Å². The number of rotatable bonds is 7. The van der Waals surface area contributed by atoms with Crippen molar-refractivity contribution in [2.45, 2.75) is 33.4 Å². The minimum Gasteiger partial charge on any atom is -0.479 e. The number of amides is 1. The summed E-state index contributed by atoms with van der Waals surface area (Å²) in [7, 11) is 0. The molecule has 1 unspecified atom stereocenters. The van der Waals surface area contributed by atoms with E-state index in [-0.39, 0.29) is 0 Å². The van der Waals surface area contributed by atoms with Gasteiger partial charge in [-0.05, 0) is 31.5 Å². The van der Waals surface area contributed by atoms with Crippen LogP contribution in [0.1, 0.15) is 26.5 Å². The van der Waals surface area contributed by atoms with E-state index >= 15 is 0 Å². The first kappa shape index (κ1) is 14.4. The van der Waals surface area contributed by atoms with Crippen LogP contribution in [0, 0.1) is 5.92 Å². The van der Waals surface area contributed by atoms with E-state index in [4.69, 9.17) is 10.5 Å². The molecule has 1 aromatic heterocycles. The minimum absolute atomic E-state index is 0.488. The third kappa shape index (κ3) is 5.14. The fourth-order valence-electron chi connectivity index (χ4n) is 1.34. The molecule has 0 aliphatic carbocycles. The Morgan fingerprint density at radius 1 is 1.44 bits per heavy atom. The second-order valence-corrected chi connectivity index (χ2v) is 4.67. The van der Waals surface area contributed by atoms with Crippen LogP contribution in [0.2, 0.25) is 0 Å². The number of carbonyl (C=O) groups excluding carboxylic acids is 1. The average molecular weight is 251 g/mol. The zero-order chi connectivity index (χ0) is 13.5. The van der Waals surface area contributed by atoms with E-state index in [0.717, 1.165) is 18.8 Å². The Labute approximate surface area is 108 Å². The molecule has 1 atom stereocenters. The zero-order valence-corrected chi connectivity index (χ0v) is 11.1. The molecule has 0 aromatic carbocycles. The number of aromatic nitrogens is 1. The van der Waals surface area contributed by atoms with E-state index in [2.05, 4.69) is 24.1 Å². The third-order valence-corrected chi connectivity index (χ3v) is 2.37. The first-order valence-corrected chi connectivity index (χ1v) is 6.10. The predicted molar refractivity (Wildman–Crippen MR) is 70.1 cm³/mol. The quantitative estimate of drug-likeness (QED) is 0.760. The Morgan fingerprint density at radius 2 is 2.17 bits per heavy atom. The maximum absolute atomic E-state index is 10.8. The molecule has 0 fully saturated rings. The Morgan fingerprint density at radius 3 is 2.67 bits per heavy atom. The van der Waals surface area contributed by atoms with Gasteiger partial charge in [0.25, 0.3) is 5.91 Å². The van der Waals surface area contributed by atoms with E-state index in [1.807, 2.05) is 6.07 Å². The van der Waals surface area contributed by atoms with Crippen molar-refractivity contribution in [2.75, 3.05) is 6.54 Å². The van der Waals surface area contributed by atoms with Crippen LogP contribution >= 0.6 is 0 Å². The van der Waals surface area contributed by atoms with Gasteiger partial charge in [0.1, 0.15) is 5.75 Å². The van der Waals surface area contributed by atoms with E-state index in [9.17, 15) is 4.79 Å². The minimum atomic E-state index is -0.642. The number of nitrogens with one attached hydrogen (secondary N) is 1. The summed E-state index contributed by atoms with van der Waals surface area (Å²) >= 11 is 0. The maximum atomic E-state index is 10.8. The SMILES string of the molecule is CC(C)CNCc1ccc(OC(C)C(N)=O)cn1. The summed E-state index contributed by atoms with van der Waals surface area (Å²) in [5.74, 6) is 0.676. The number of hydrogen-bond donors (Lipinski definition) is 2. The van der Waals surface area contributed by atoms with Gasteiger partial charge < -0.3 is 15.8 Å². The lowest BCUT2D eigenvalue weighted by Crippen LogP contribution is -2.30. The highest BCUT2D eigenvalue weighted by Gasteiger charge is 2.10. The van der Waals surface area contributed by atoms with E-state index in [1.54, 1.807) is 19.2 Å². The van der Waals surface area contributed by atoms with Gasteiger partial charge in [0, 0.05) is 6.54 Å². The van der Waals surface area contributed by atoms with Gasteiger partial charge in [0.15, 0.2) is 6.10 Å². The summed E-state index contributed by atoms with van der Waals surface area (Å²) in [5.41, 5.74) is 6.05. The Kier molecular flexibility index (Phi) is 5.58. The van der Waals surface area contributed by atoms with Crippen LogP contribution < -0.4 is 15.8 Å². The topological polar surface area (TPSA) is 77.2 Å². The van der Waals surface area contributed by atoms with Gasteiger partial charge in [0.2, 0.25) is 0 Å². The molecule has 5 heteroatoms. The molecule has 100 valence electrons. The maximum Gasteiger partial charge on any atom is 0.258 e. The highest BCUT2D eigenvalue weighted by Crippen LogP contribution is 2.11. The van der Waals surface area contributed by atoms with Crippen molar-refractivity contribution in [1.29, 1.82) is 0 Å². The molecule has 0 radical (unpaired) electrons. The molecule has 3 N–H and O–H groups in total. The molecule has 0 aliphatic rings. The normalized spacial score (nSPS) is 12.4. The fourth-order valence-corrected chi connectivity index (χ4v) is 1.34. The van der Waals surface area contributed by atoms with E-state index in [0.29, 0.717) is 11.7 Å². The van der Waals surface area contributed by atoms with Crippen LogP contribution in [0.3, 0.4) is 0 Å². The van der Waals surface area contributed by atoms with Gasteiger partial charge >= 0.3 is 0 Å². The molecule has 1 heterocycles. The number of nitrogens with zero attached hydrogens (tertiary/aromatic N) is 1. The number of pyridine rings is 1. The van der Waals surface area contributed by atoms with Crippen molar-refractivity contribution in [2.24, 2.45) is 11.7 Å². The zero-order valence-electron chi connectivity index (χ0n) is 11.1. The molecule has 0 spiro atoms. The first-order chi connectivity index (χ1) is 8.49. The first-order valence-electron chi connectivity index (χ1n) is 6.10. The number of primary amides is 1. The van der Waals surface area contributed by atoms with E-state index in [1.165, 1.54) is 0 Å². The van der Waals surface area contributed by atoms with Gasteiger partial charge in [0.05, 0.1) is 11.9 Å². The Bertz CT molecular complexity index is 376. The molecule has 1 amide bonds. The highest BCUT2D eigenvalue weighted by atomic mass is 16.5. The van der Waals surface area contributed by atoms with Gasteiger partial charge in [-0.25, -0.2) is 0 Å². The lowest BCUT2D eigenvalue weighted by molar-refractivity contribution is -0.123. The molecule has 0 saturated heterocycles. The van der Waals surface area contributed by atoms with Crippen molar-refractivity contribution in [3.63, 3.8) is 0 Å². The van der Waals surface area contributed by atoms with Crippen LogP contribution in [0.25, 0.3) is 0 Å². The van der Waals surface area contributed by atoms with E-state index < -0.39 is 12.0 Å². The van der Waals surface area contributed by atoms with Gasteiger partial charge in [-0.1, -0.05) is 13.8 Å². The second-order valence-electron chi connectivity index (χ2n) is 4.67. The Balaban J connectivity index is 2.44. The van der Waals surface area contributed by atoms with Crippen LogP contribution in [-0.4, -0.2) is 23.5 Å². The lowest BCUT2D eigenvalue weighted by atomic mass is 10.2. The lowest BCUT2D eigenvalue weighted by Gasteiger charge is -2.11. The molecular formula is C13H21N3O2. The number of ether oxygens (including phenoxy) is 1. The molecule has 0 saturated carbocycles. The summed E-state index contributed by atoms with van der Waals surface area (Å²) in [6.45, 7) is 7.61. The van der Waals surface area contributed by atoms with Crippen LogP contribution in [0.15, 0.2) is 18.3 Å². The molecular weight excluding hydrogens is 230 g/mol. The van der Waals surface area contributed by atoms with Gasteiger partial charge in [-0.2, -0.15) is 0 Å². The average Bonchev–Trinajstić information content (AvgIpc) is 2.30. The highest BCUT2D eigenvalue weighted by molar-refractivity contribution is 5.78. The molecule has 1 aromatic rings. The Hall–Kier alpha value is -1.62. The summed E-state index contributed by atoms with van der Waals surface area (Å²) < 4.78 is 5.32. The summed E-state index contributed by atoms with van der Waals surface area (Å²) in [6, 6.07) is 3.66. The van der Waals surface area contributed by atoms with Crippen molar-refractivity contribution in [3.8, 4) is 5.75 Å². The largest absolute Gasteiger partial charge is 0.479 e. The fraction of sp³-hybridized carbons (Fsp3) is 0.538. The van der Waals surface area contributed by atoms with Crippen molar-refractivity contribution in [3.05, 3.63) is 24.0 Å². The monoisotopic (exact) mass is 251 g/mol.